The highest BCUT2D eigenvalue weighted by atomic mass is 16.5. The van der Waals surface area contributed by atoms with Gasteiger partial charge in [-0.1, -0.05) is 76.2 Å². The zero-order valence-corrected chi connectivity index (χ0v) is 19.6. The minimum Gasteiger partial charge on any atom is -0.480 e. The summed E-state index contributed by atoms with van der Waals surface area (Å²) in [6, 6.07) is 15.2. The average Bonchev–Trinajstić information content (AvgIpc) is 3.08. The van der Waals surface area contributed by atoms with E-state index >= 15 is 0 Å². The Hall–Kier alpha value is -3.35. The molecule has 0 heterocycles. The zero-order chi connectivity index (χ0) is 24.1. The molecule has 0 radical (unpaired) electrons. The van der Waals surface area contributed by atoms with Crippen LogP contribution in [0.5, 0.6) is 0 Å². The van der Waals surface area contributed by atoms with E-state index in [4.69, 9.17) is 4.74 Å². The molecule has 7 nitrogen and oxygen atoms in total. The molecule has 0 saturated heterocycles. The van der Waals surface area contributed by atoms with Crippen LogP contribution in [-0.2, 0) is 14.3 Å². The smallest absolute Gasteiger partial charge is 0.407 e. The van der Waals surface area contributed by atoms with Crippen molar-refractivity contribution in [3.63, 3.8) is 0 Å². The number of fused-ring (bicyclic) bond motifs is 3. The fourth-order valence-corrected chi connectivity index (χ4v) is 4.31. The molecular formula is C26H32N2O5. The molecular weight excluding hydrogens is 420 g/mol. The highest BCUT2D eigenvalue weighted by molar-refractivity contribution is 5.88. The first-order chi connectivity index (χ1) is 15.7. The summed E-state index contributed by atoms with van der Waals surface area (Å²) in [7, 11) is 0. The monoisotopic (exact) mass is 452 g/mol. The minimum atomic E-state index is -1.09. The van der Waals surface area contributed by atoms with Crippen LogP contribution in [0.15, 0.2) is 48.5 Å². The summed E-state index contributed by atoms with van der Waals surface area (Å²) in [4.78, 5) is 38.3. The van der Waals surface area contributed by atoms with Crippen LogP contribution in [0, 0.1) is 11.8 Å². The van der Waals surface area contributed by atoms with Crippen molar-refractivity contribution < 1.29 is 24.2 Å². The molecule has 0 aromatic heterocycles. The molecule has 0 saturated carbocycles. The number of nitrogens with zero attached hydrogens (tertiary/aromatic N) is 1. The minimum absolute atomic E-state index is 0.0826. The van der Waals surface area contributed by atoms with E-state index in [-0.39, 0.29) is 24.4 Å². The fourth-order valence-electron chi connectivity index (χ4n) is 4.31. The van der Waals surface area contributed by atoms with Gasteiger partial charge in [-0.3, -0.25) is 9.59 Å². The molecule has 1 atom stereocenters. The topological polar surface area (TPSA) is 95.9 Å². The van der Waals surface area contributed by atoms with E-state index in [0.717, 1.165) is 22.3 Å². The molecule has 2 N–H and O–H groups in total. The predicted molar refractivity (Wildman–Crippen MR) is 126 cm³/mol. The molecule has 2 aromatic carbocycles. The van der Waals surface area contributed by atoms with Gasteiger partial charge in [0.2, 0.25) is 5.91 Å². The van der Waals surface area contributed by atoms with E-state index in [2.05, 4.69) is 17.4 Å². The number of carbonyl (C=O) groups excluding carboxylic acids is 2. The van der Waals surface area contributed by atoms with Gasteiger partial charge < -0.3 is 20.1 Å². The number of carboxylic acids is 1. The van der Waals surface area contributed by atoms with Crippen molar-refractivity contribution in [2.45, 2.75) is 39.7 Å². The molecule has 33 heavy (non-hydrogen) atoms. The molecule has 1 aliphatic carbocycles. The second kappa shape index (κ2) is 10.5. The Bertz CT molecular complexity index is 972. The predicted octanol–water partition coefficient (Wildman–Crippen LogP) is 4.12. The van der Waals surface area contributed by atoms with Crippen molar-refractivity contribution in [1.82, 2.24) is 10.2 Å². The van der Waals surface area contributed by atoms with Crippen LogP contribution in [0.25, 0.3) is 11.1 Å². The quantitative estimate of drug-likeness (QED) is 0.597. The lowest BCUT2D eigenvalue weighted by Gasteiger charge is -2.29. The Labute approximate surface area is 194 Å². The first-order valence-corrected chi connectivity index (χ1v) is 11.3. The SMILES string of the molecule is CC(C)CN(CC(=O)O)C(=O)[C@@H](NC(=O)OCC1c2ccccc2-c2ccccc21)C(C)C. The van der Waals surface area contributed by atoms with Gasteiger partial charge in [0, 0.05) is 12.5 Å². The Kier molecular flexibility index (Phi) is 7.74. The van der Waals surface area contributed by atoms with Gasteiger partial charge >= 0.3 is 12.1 Å². The Morgan fingerprint density at radius 2 is 1.52 bits per heavy atom. The lowest BCUT2D eigenvalue weighted by molar-refractivity contribution is -0.146. The first-order valence-electron chi connectivity index (χ1n) is 11.3. The molecule has 0 spiro atoms. The largest absolute Gasteiger partial charge is 0.480 e. The molecule has 2 aromatic rings. The molecule has 2 amide bonds. The van der Waals surface area contributed by atoms with Crippen LogP contribution >= 0.6 is 0 Å². The average molecular weight is 453 g/mol. The van der Waals surface area contributed by atoms with E-state index in [1.54, 1.807) is 13.8 Å². The van der Waals surface area contributed by atoms with Crippen molar-refractivity contribution in [1.29, 1.82) is 0 Å². The normalized spacial score (nSPS) is 13.4. The Morgan fingerprint density at radius 1 is 0.970 bits per heavy atom. The third kappa shape index (κ3) is 5.72. The lowest BCUT2D eigenvalue weighted by Crippen LogP contribution is -2.53. The highest BCUT2D eigenvalue weighted by Gasteiger charge is 2.32. The Morgan fingerprint density at radius 3 is 2.00 bits per heavy atom. The van der Waals surface area contributed by atoms with Gasteiger partial charge in [-0.05, 0) is 34.1 Å². The standard InChI is InChI=1S/C26H32N2O5/c1-16(2)13-28(14-23(29)30)25(31)24(17(3)4)27-26(32)33-15-22-20-11-7-5-9-18(20)19-10-6-8-12-21(19)22/h5-12,16-17,22,24H,13-15H2,1-4H3,(H,27,32)(H,29,30)/t24-/m0/s1. The van der Waals surface area contributed by atoms with Gasteiger partial charge in [-0.25, -0.2) is 4.79 Å². The number of aliphatic carboxylic acids is 1. The van der Waals surface area contributed by atoms with E-state index < -0.39 is 30.6 Å². The number of nitrogens with one attached hydrogen (secondary N) is 1. The van der Waals surface area contributed by atoms with Crippen molar-refractivity contribution >= 4 is 18.0 Å². The van der Waals surface area contributed by atoms with Crippen LogP contribution in [0.3, 0.4) is 0 Å². The number of amides is 2. The molecule has 0 aliphatic heterocycles. The second-order valence-electron chi connectivity index (χ2n) is 9.20. The molecule has 0 bridgehead atoms. The summed E-state index contributed by atoms with van der Waals surface area (Å²) in [6.07, 6.45) is -0.691. The summed E-state index contributed by atoms with van der Waals surface area (Å²) in [6.45, 7) is 7.45. The van der Waals surface area contributed by atoms with Gasteiger partial charge in [0.1, 0.15) is 19.2 Å². The number of hydrogen-bond acceptors (Lipinski definition) is 4. The van der Waals surface area contributed by atoms with Crippen molar-refractivity contribution in [3.8, 4) is 11.1 Å². The molecule has 0 unspecified atom stereocenters. The molecule has 7 heteroatoms. The number of rotatable bonds is 9. The number of carbonyl (C=O) groups is 3. The van der Waals surface area contributed by atoms with Gasteiger partial charge in [-0.2, -0.15) is 0 Å². The molecule has 0 fully saturated rings. The molecule has 1 aliphatic rings. The second-order valence-corrected chi connectivity index (χ2v) is 9.20. The van der Waals surface area contributed by atoms with E-state index in [0.29, 0.717) is 6.54 Å². The number of ether oxygens (including phenoxy) is 1. The zero-order valence-electron chi connectivity index (χ0n) is 19.6. The van der Waals surface area contributed by atoms with Crippen LogP contribution in [0.4, 0.5) is 4.79 Å². The maximum atomic E-state index is 13.1. The van der Waals surface area contributed by atoms with Crippen molar-refractivity contribution in [2.75, 3.05) is 19.7 Å². The molecule has 3 rings (SSSR count). The van der Waals surface area contributed by atoms with Gasteiger partial charge in [0.25, 0.3) is 0 Å². The number of alkyl carbamates (subject to hydrolysis) is 1. The first kappa shape index (κ1) is 24.3. The van der Waals surface area contributed by atoms with Crippen LogP contribution < -0.4 is 5.32 Å². The van der Waals surface area contributed by atoms with E-state index in [1.165, 1.54) is 4.90 Å². The van der Waals surface area contributed by atoms with Crippen LogP contribution in [-0.4, -0.2) is 53.7 Å². The maximum Gasteiger partial charge on any atom is 0.407 e. The third-order valence-electron chi connectivity index (χ3n) is 5.77. The summed E-state index contributed by atoms with van der Waals surface area (Å²) >= 11 is 0. The van der Waals surface area contributed by atoms with Crippen molar-refractivity contribution in [2.24, 2.45) is 11.8 Å². The van der Waals surface area contributed by atoms with Crippen LogP contribution in [0.2, 0.25) is 0 Å². The number of hydrogen-bond donors (Lipinski definition) is 2. The third-order valence-corrected chi connectivity index (χ3v) is 5.77. The van der Waals surface area contributed by atoms with E-state index in [9.17, 15) is 19.5 Å². The summed E-state index contributed by atoms with van der Waals surface area (Å²) < 4.78 is 5.58. The molecule has 176 valence electrons. The Balaban J connectivity index is 1.70. The lowest BCUT2D eigenvalue weighted by atomic mass is 9.98. The summed E-state index contributed by atoms with van der Waals surface area (Å²) in [5.74, 6) is -1.74. The summed E-state index contributed by atoms with van der Waals surface area (Å²) in [5, 5.41) is 11.9. The number of carboxylic acid groups (broad SMARTS) is 1. The summed E-state index contributed by atoms with van der Waals surface area (Å²) in [5.41, 5.74) is 4.48. The fraction of sp³-hybridized carbons (Fsp3) is 0.423. The van der Waals surface area contributed by atoms with Gasteiger partial charge in [0.05, 0.1) is 0 Å². The van der Waals surface area contributed by atoms with Crippen LogP contribution in [0.1, 0.15) is 44.7 Å². The van der Waals surface area contributed by atoms with Gasteiger partial charge in [0.15, 0.2) is 0 Å². The van der Waals surface area contributed by atoms with E-state index in [1.807, 2.05) is 50.2 Å². The van der Waals surface area contributed by atoms with Crippen molar-refractivity contribution in [3.05, 3.63) is 59.7 Å². The van der Waals surface area contributed by atoms with Gasteiger partial charge in [-0.15, -0.1) is 0 Å². The number of benzene rings is 2. The highest BCUT2D eigenvalue weighted by Crippen LogP contribution is 2.44. The maximum absolute atomic E-state index is 13.1.